The lowest BCUT2D eigenvalue weighted by Gasteiger charge is -2.10. The second kappa shape index (κ2) is 8.87. The maximum Gasteiger partial charge on any atom is 0.154 e. The second-order valence-electron chi connectivity index (χ2n) is 4.87. The molecule has 1 atom stereocenters. The molecule has 1 aromatic rings. The van der Waals surface area contributed by atoms with Crippen molar-refractivity contribution < 1.29 is 4.79 Å². The van der Waals surface area contributed by atoms with Crippen LogP contribution in [0.5, 0.6) is 0 Å². The lowest BCUT2D eigenvalue weighted by Crippen LogP contribution is -2.21. The second-order valence-corrected chi connectivity index (χ2v) is 4.87. The molecule has 0 aliphatic heterocycles. The monoisotopic (exact) mass is 247 g/mol. The van der Waals surface area contributed by atoms with Gasteiger partial charge >= 0.3 is 0 Å². The van der Waals surface area contributed by atoms with Crippen molar-refractivity contribution >= 4 is 5.78 Å². The van der Waals surface area contributed by atoms with E-state index in [0.717, 1.165) is 18.4 Å². The number of unbranched alkanes of at least 4 members (excludes halogenated alkanes) is 5. The summed E-state index contributed by atoms with van der Waals surface area (Å²) in [6, 6.07) is 9.18. The van der Waals surface area contributed by atoms with Gasteiger partial charge in [0.15, 0.2) is 5.78 Å². The summed E-state index contributed by atoms with van der Waals surface area (Å²) in [6.07, 6.45) is 7.82. The van der Waals surface area contributed by atoms with Crippen LogP contribution in [-0.4, -0.2) is 5.78 Å². The van der Waals surface area contributed by atoms with Crippen LogP contribution in [0, 0.1) is 0 Å². The number of rotatable bonds is 9. The quantitative estimate of drug-likeness (QED) is 0.670. The maximum atomic E-state index is 11.9. The molecule has 0 aliphatic rings. The molecular weight excluding hydrogens is 222 g/mol. The number of hydrogen-bond acceptors (Lipinski definition) is 2. The van der Waals surface area contributed by atoms with Gasteiger partial charge in [0.05, 0.1) is 6.04 Å². The van der Waals surface area contributed by atoms with Crippen LogP contribution in [0.4, 0.5) is 0 Å². The van der Waals surface area contributed by atoms with Gasteiger partial charge in [-0.2, -0.15) is 0 Å². The molecule has 0 aliphatic carbocycles. The average molecular weight is 247 g/mol. The fourth-order valence-corrected chi connectivity index (χ4v) is 2.08. The zero-order valence-corrected chi connectivity index (χ0v) is 11.4. The Morgan fingerprint density at radius 3 is 2.33 bits per heavy atom. The fourth-order valence-electron chi connectivity index (χ4n) is 2.08. The highest BCUT2D eigenvalue weighted by Gasteiger charge is 2.14. The third-order valence-electron chi connectivity index (χ3n) is 3.28. The summed E-state index contributed by atoms with van der Waals surface area (Å²) in [5.74, 6) is 0.164. The predicted molar refractivity (Wildman–Crippen MR) is 76.4 cm³/mol. The van der Waals surface area contributed by atoms with Crippen molar-refractivity contribution in [3.8, 4) is 0 Å². The van der Waals surface area contributed by atoms with E-state index in [4.69, 9.17) is 5.73 Å². The largest absolute Gasteiger partial charge is 0.318 e. The van der Waals surface area contributed by atoms with Crippen molar-refractivity contribution in [1.82, 2.24) is 0 Å². The van der Waals surface area contributed by atoms with E-state index >= 15 is 0 Å². The number of hydrogen-bond donors (Lipinski definition) is 1. The molecule has 2 N–H and O–H groups in total. The molecule has 18 heavy (non-hydrogen) atoms. The normalized spacial score (nSPS) is 12.3. The van der Waals surface area contributed by atoms with Gasteiger partial charge in [0.25, 0.3) is 0 Å². The third-order valence-corrected chi connectivity index (χ3v) is 3.28. The Bertz CT molecular complexity index is 334. The Balaban J connectivity index is 2.20. The van der Waals surface area contributed by atoms with Crippen molar-refractivity contribution in [3.05, 3.63) is 35.9 Å². The van der Waals surface area contributed by atoms with Crippen LogP contribution < -0.4 is 5.73 Å². The average Bonchev–Trinajstić information content (AvgIpc) is 2.42. The lowest BCUT2D eigenvalue weighted by atomic mass is 9.99. The highest BCUT2D eigenvalue weighted by Crippen LogP contribution is 2.15. The van der Waals surface area contributed by atoms with E-state index in [1.165, 1.54) is 25.7 Å². The summed E-state index contributed by atoms with van der Waals surface area (Å²) >= 11 is 0. The smallest absolute Gasteiger partial charge is 0.154 e. The number of ketones is 1. The van der Waals surface area contributed by atoms with Crippen LogP contribution >= 0.6 is 0 Å². The Labute approximate surface area is 111 Å². The van der Waals surface area contributed by atoms with E-state index < -0.39 is 6.04 Å². The maximum absolute atomic E-state index is 11.9. The Morgan fingerprint density at radius 1 is 1.06 bits per heavy atom. The van der Waals surface area contributed by atoms with Gasteiger partial charge in [-0.15, -0.1) is 0 Å². The molecule has 0 radical (unpaired) electrons. The molecule has 0 saturated carbocycles. The zero-order valence-electron chi connectivity index (χ0n) is 11.4. The highest BCUT2D eigenvalue weighted by atomic mass is 16.1. The third kappa shape index (κ3) is 5.46. The number of Topliss-reactive ketones (excluding diaryl/α,β-unsaturated/α-hetero) is 1. The number of carbonyl (C=O) groups excluding carboxylic acids is 1. The predicted octanol–water partition coefficient (Wildman–Crippen LogP) is 4.01. The molecule has 1 rings (SSSR count). The fraction of sp³-hybridized carbons (Fsp3) is 0.562. The molecule has 0 amide bonds. The van der Waals surface area contributed by atoms with Gasteiger partial charge < -0.3 is 5.73 Å². The summed E-state index contributed by atoms with van der Waals surface area (Å²) in [5, 5.41) is 0. The van der Waals surface area contributed by atoms with Crippen LogP contribution in [0.2, 0.25) is 0 Å². The Kier molecular flexibility index (Phi) is 7.35. The molecule has 100 valence electrons. The molecule has 2 nitrogen and oxygen atoms in total. The first-order valence-electron chi connectivity index (χ1n) is 7.09. The van der Waals surface area contributed by atoms with Gasteiger partial charge in [0, 0.05) is 6.42 Å². The first-order chi connectivity index (χ1) is 8.75. The van der Waals surface area contributed by atoms with Crippen molar-refractivity contribution in [2.75, 3.05) is 0 Å². The molecule has 0 unspecified atom stereocenters. The van der Waals surface area contributed by atoms with E-state index in [2.05, 4.69) is 6.92 Å². The summed E-state index contributed by atoms with van der Waals surface area (Å²) in [5.41, 5.74) is 6.88. The number of nitrogens with two attached hydrogens (primary N) is 1. The minimum atomic E-state index is -0.443. The van der Waals surface area contributed by atoms with Gasteiger partial charge in [-0.3, -0.25) is 4.79 Å². The van der Waals surface area contributed by atoms with Crippen LogP contribution in [0.1, 0.15) is 63.5 Å². The standard InChI is InChI=1S/C16H25NO/c1-2-3-4-5-6-10-13-15(18)16(17)14-11-8-7-9-12-14/h7-9,11-12,16H,2-6,10,13,17H2,1H3/t16-/m1/s1. The van der Waals surface area contributed by atoms with Crippen molar-refractivity contribution in [2.45, 2.75) is 57.9 Å². The van der Waals surface area contributed by atoms with Crippen LogP contribution in [0.25, 0.3) is 0 Å². The lowest BCUT2D eigenvalue weighted by molar-refractivity contribution is -0.120. The van der Waals surface area contributed by atoms with Gasteiger partial charge in [-0.1, -0.05) is 69.4 Å². The molecule has 0 heterocycles. The minimum Gasteiger partial charge on any atom is -0.318 e. The van der Waals surface area contributed by atoms with Gasteiger partial charge in [0.2, 0.25) is 0 Å². The van der Waals surface area contributed by atoms with E-state index in [-0.39, 0.29) is 5.78 Å². The molecule has 0 bridgehead atoms. The van der Waals surface area contributed by atoms with E-state index in [0.29, 0.717) is 6.42 Å². The van der Waals surface area contributed by atoms with Crippen molar-refractivity contribution in [1.29, 1.82) is 0 Å². The summed E-state index contributed by atoms with van der Waals surface area (Å²) in [6.45, 7) is 2.21. The molecule has 2 heteroatoms. The molecule has 0 saturated heterocycles. The van der Waals surface area contributed by atoms with Crippen molar-refractivity contribution in [2.24, 2.45) is 5.73 Å². The Hall–Kier alpha value is -1.15. The first kappa shape index (κ1) is 14.9. The SMILES string of the molecule is CCCCCCCCC(=O)[C@H](N)c1ccccc1. The molecule has 0 aromatic heterocycles. The van der Waals surface area contributed by atoms with E-state index in [1.54, 1.807) is 0 Å². The molecule has 0 fully saturated rings. The van der Waals surface area contributed by atoms with Gasteiger partial charge in [-0.05, 0) is 12.0 Å². The zero-order chi connectivity index (χ0) is 13.2. The number of benzene rings is 1. The van der Waals surface area contributed by atoms with Crippen LogP contribution in [0.3, 0.4) is 0 Å². The van der Waals surface area contributed by atoms with E-state index in [9.17, 15) is 4.79 Å². The summed E-state index contributed by atoms with van der Waals surface area (Å²) < 4.78 is 0. The Morgan fingerprint density at radius 2 is 1.67 bits per heavy atom. The number of carbonyl (C=O) groups is 1. The topological polar surface area (TPSA) is 43.1 Å². The summed E-state index contributed by atoms with van der Waals surface area (Å²) in [4.78, 5) is 11.9. The molecule has 1 aromatic carbocycles. The summed E-state index contributed by atoms with van der Waals surface area (Å²) in [7, 11) is 0. The van der Waals surface area contributed by atoms with E-state index in [1.807, 2.05) is 30.3 Å². The van der Waals surface area contributed by atoms with Gasteiger partial charge in [0.1, 0.15) is 0 Å². The van der Waals surface area contributed by atoms with Crippen LogP contribution in [0.15, 0.2) is 30.3 Å². The van der Waals surface area contributed by atoms with Gasteiger partial charge in [-0.25, -0.2) is 0 Å². The highest BCUT2D eigenvalue weighted by molar-refractivity contribution is 5.84. The minimum absolute atomic E-state index is 0.164. The van der Waals surface area contributed by atoms with Crippen LogP contribution in [-0.2, 0) is 4.79 Å². The molecule has 0 spiro atoms. The first-order valence-corrected chi connectivity index (χ1v) is 7.09. The molecular formula is C16H25NO. The van der Waals surface area contributed by atoms with Crippen molar-refractivity contribution in [3.63, 3.8) is 0 Å².